The van der Waals surface area contributed by atoms with Gasteiger partial charge < -0.3 is 5.73 Å². The Balaban J connectivity index is 1.98. The van der Waals surface area contributed by atoms with Gasteiger partial charge in [0.05, 0.1) is 12.4 Å². The SMILES string of the molecule is CC(C)(CN=C(N)C1CCCC1)c1cccs1. The normalized spacial score (nSPS) is 18.8. The summed E-state index contributed by atoms with van der Waals surface area (Å²) in [7, 11) is 0. The standard InChI is InChI=1S/C14H22N2S/c1-14(2,12-8-5-9-17-12)10-16-13(15)11-6-3-4-7-11/h5,8-9,11H,3-4,6-7,10H2,1-2H3,(H2,15,16). The van der Waals surface area contributed by atoms with Gasteiger partial charge in [0, 0.05) is 16.2 Å². The molecule has 1 saturated carbocycles. The summed E-state index contributed by atoms with van der Waals surface area (Å²) in [4.78, 5) is 6.02. The van der Waals surface area contributed by atoms with E-state index in [0.29, 0.717) is 5.92 Å². The molecule has 1 aliphatic rings. The van der Waals surface area contributed by atoms with Crippen LogP contribution in [0, 0.1) is 5.92 Å². The number of aliphatic imine (C=N–C) groups is 1. The Hall–Kier alpha value is -0.830. The van der Waals surface area contributed by atoms with Gasteiger partial charge in [0.2, 0.25) is 0 Å². The van der Waals surface area contributed by atoms with Crippen LogP contribution in [0.3, 0.4) is 0 Å². The number of nitrogens with two attached hydrogens (primary N) is 1. The summed E-state index contributed by atoms with van der Waals surface area (Å²) < 4.78 is 0. The average molecular weight is 250 g/mol. The van der Waals surface area contributed by atoms with Crippen molar-refractivity contribution in [2.45, 2.75) is 44.9 Å². The Kier molecular flexibility index (Phi) is 3.87. The van der Waals surface area contributed by atoms with Gasteiger partial charge in [-0.05, 0) is 24.3 Å². The molecule has 1 heterocycles. The van der Waals surface area contributed by atoms with Crippen molar-refractivity contribution in [3.05, 3.63) is 22.4 Å². The number of amidine groups is 1. The van der Waals surface area contributed by atoms with E-state index in [-0.39, 0.29) is 5.41 Å². The molecule has 1 aromatic heterocycles. The predicted octanol–water partition coefficient (Wildman–Crippen LogP) is 3.57. The molecule has 2 N–H and O–H groups in total. The van der Waals surface area contributed by atoms with Crippen molar-refractivity contribution in [2.24, 2.45) is 16.6 Å². The molecular formula is C14H22N2S. The lowest BCUT2D eigenvalue weighted by Gasteiger charge is -2.21. The Bertz CT molecular complexity index is 373. The fourth-order valence-corrected chi connectivity index (χ4v) is 3.23. The summed E-state index contributed by atoms with van der Waals surface area (Å²) in [5.74, 6) is 1.43. The van der Waals surface area contributed by atoms with Crippen molar-refractivity contribution in [1.29, 1.82) is 0 Å². The molecule has 0 unspecified atom stereocenters. The third-order valence-electron chi connectivity index (χ3n) is 3.62. The van der Waals surface area contributed by atoms with E-state index in [1.54, 1.807) is 11.3 Å². The fraction of sp³-hybridized carbons (Fsp3) is 0.643. The van der Waals surface area contributed by atoms with Gasteiger partial charge in [0.25, 0.3) is 0 Å². The van der Waals surface area contributed by atoms with Gasteiger partial charge >= 0.3 is 0 Å². The van der Waals surface area contributed by atoms with Gasteiger partial charge in [-0.25, -0.2) is 0 Å². The van der Waals surface area contributed by atoms with Crippen LogP contribution in [0.1, 0.15) is 44.4 Å². The molecule has 2 nitrogen and oxygen atoms in total. The summed E-state index contributed by atoms with van der Waals surface area (Å²) in [5, 5.41) is 2.13. The van der Waals surface area contributed by atoms with Gasteiger partial charge in [0.15, 0.2) is 0 Å². The second-order valence-corrected chi connectivity index (χ2v) is 6.53. The van der Waals surface area contributed by atoms with Crippen molar-refractivity contribution >= 4 is 17.2 Å². The largest absolute Gasteiger partial charge is 0.387 e. The quantitative estimate of drug-likeness (QED) is 0.644. The van der Waals surface area contributed by atoms with Crippen molar-refractivity contribution in [3.63, 3.8) is 0 Å². The van der Waals surface area contributed by atoms with Crippen LogP contribution in [-0.2, 0) is 5.41 Å². The van der Waals surface area contributed by atoms with Crippen LogP contribution in [0.4, 0.5) is 0 Å². The third-order valence-corrected chi connectivity index (χ3v) is 4.85. The Morgan fingerprint density at radius 1 is 1.47 bits per heavy atom. The van der Waals surface area contributed by atoms with Gasteiger partial charge in [-0.2, -0.15) is 0 Å². The molecule has 0 amide bonds. The molecule has 0 spiro atoms. The van der Waals surface area contributed by atoms with E-state index in [2.05, 4.69) is 36.4 Å². The first-order chi connectivity index (χ1) is 8.09. The molecule has 0 saturated heterocycles. The monoisotopic (exact) mass is 250 g/mol. The van der Waals surface area contributed by atoms with E-state index >= 15 is 0 Å². The number of thiophene rings is 1. The topological polar surface area (TPSA) is 38.4 Å². The van der Waals surface area contributed by atoms with Crippen LogP contribution in [0.25, 0.3) is 0 Å². The predicted molar refractivity (Wildman–Crippen MR) is 75.8 cm³/mol. The third kappa shape index (κ3) is 3.09. The van der Waals surface area contributed by atoms with Crippen LogP contribution in [0.5, 0.6) is 0 Å². The second-order valence-electron chi connectivity index (χ2n) is 5.58. The van der Waals surface area contributed by atoms with Gasteiger partial charge in [0.1, 0.15) is 0 Å². The molecule has 0 atom stereocenters. The van der Waals surface area contributed by atoms with Crippen LogP contribution in [0.2, 0.25) is 0 Å². The van der Waals surface area contributed by atoms with Gasteiger partial charge in [-0.3, -0.25) is 4.99 Å². The number of nitrogens with zero attached hydrogens (tertiary/aromatic N) is 1. The molecule has 17 heavy (non-hydrogen) atoms. The van der Waals surface area contributed by atoms with Gasteiger partial charge in [-0.15, -0.1) is 11.3 Å². The van der Waals surface area contributed by atoms with Crippen molar-refractivity contribution < 1.29 is 0 Å². The second kappa shape index (κ2) is 5.21. The van der Waals surface area contributed by atoms with E-state index in [9.17, 15) is 0 Å². The minimum absolute atomic E-state index is 0.109. The maximum Gasteiger partial charge on any atom is 0.0968 e. The van der Waals surface area contributed by atoms with Crippen LogP contribution in [-0.4, -0.2) is 12.4 Å². The maximum absolute atomic E-state index is 6.09. The Morgan fingerprint density at radius 2 is 2.18 bits per heavy atom. The van der Waals surface area contributed by atoms with Crippen LogP contribution in [0.15, 0.2) is 22.5 Å². The smallest absolute Gasteiger partial charge is 0.0968 e. The summed E-state index contributed by atoms with van der Waals surface area (Å²) >= 11 is 1.80. The molecule has 0 bridgehead atoms. The molecule has 0 aromatic carbocycles. The molecule has 0 radical (unpaired) electrons. The van der Waals surface area contributed by atoms with Crippen LogP contribution >= 0.6 is 11.3 Å². The van der Waals surface area contributed by atoms with Gasteiger partial charge in [-0.1, -0.05) is 32.8 Å². The molecular weight excluding hydrogens is 228 g/mol. The lowest BCUT2D eigenvalue weighted by Crippen LogP contribution is -2.26. The minimum atomic E-state index is 0.109. The zero-order valence-corrected chi connectivity index (χ0v) is 11.6. The maximum atomic E-state index is 6.09. The van der Waals surface area contributed by atoms with Crippen LogP contribution < -0.4 is 5.73 Å². The van der Waals surface area contributed by atoms with E-state index in [1.807, 2.05) is 0 Å². The molecule has 94 valence electrons. The fourth-order valence-electron chi connectivity index (χ4n) is 2.38. The van der Waals surface area contributed by atoms with E-state index < -0.39 is 0 Å². The molecule has 3 heteroatoms. The lowest BCUT2D eigenvalue weighted by molar-refractivity contribution is 0.548. The summed E-state index contributed by atoms with van der Waals surface area (Å²) in [6.45, 7) is 5.28. The Morgan fingerprint density at radius 3 is 2.76 bits per heavy atom. The summed E-state index contributed by atoms with van der Waals surface area (Å²) in [6.07, 6.45) is 5.09. The zero-order chi connectivity index (χ0) is 12.3. The lowest BCUT2D eigenvalue weighted by atomic mass is 9.91. The van der Waals surface area contributed by atoms with E-state index in [1.165, 1.54) is 30.6 Å². The van der Waals surface area contributed by atoms with Crippen molar-refractivity contribution in [3.8, 4) is 0 Å². The Labute approximate surface area is 108 Å². The van der Waals surface area contributed by atoms with E-state index in [4.69, 9.17) is 5.73 Å². The first-order valence-electron chi connectivity index (χ1n) is 6.43. The molecule has 2 rings (SSSR count). The highest BCUT2D eigenvalue weighted by Gasteiger charge is 2.23. The highest BCUT2D eigenvalue weighted by molar-refractivity contribution is 7.10. The number of hydrogen-bond acceptors (Lipinski definition) is 2. The molecule has 1 fully saturated rings. The first-order valence-corrected chi connectivity index (χ1v) is 7.31. The average Bonchev–Trinajstić information content (AvgIpc) is 2.97. The van der Waals surface area contributed by atoms with Crippen molar-refractivity contribution in [2.75, 3.05) is 6.54 Å². The molecule has 1 aliphatic carbocycles. The summed E-state index contributed by atoms with van der Waals surface area (Å²) in [5.41, 5.74) is 6.20. The molecule has 1 aromatic rings. The first kappa shape index (κ1) is 12.6. The highest BCUT2D eigenvalue weighted by Crippen LogP contribution is 2.29. The van der Waals surface area contributed by atoms with E-state index in [0.717, 1.165) is 12.4 Å². The zero-order valence-electron chi connectivity index (χ0n) is 10.8. The highest BCUT2D eigenvalue weighted by atomic mass is 32.1. The van der Waals surface area contributed by atoms with Crippen molar-refractivity contribution in [1.82, 2.24) is 0 Å². The number of hydrogen-bond donors (Lipinski definition) is 1. The summed E-state index contributed by atoms with van der Waals surface area (Å²) in [6, 6.07) is 4.29. The minimum Gasteiger partial charge on any atom is -0.387 e. The number of rotatable bonds is 4. The molecule has 0 aliphatic heterocycles.